The Labute approximate surface area is 269 Å². The molecule has 0 fully saturated rings. The molecule has 0 unspecified atom stereocenters. The first kappa shape index (κ1) is 30.8. The van der Waals surface area contributed by atoms with Gasteiger partial charge >= 0.3 is 0 Å². The van der Waals surface area contributed by atoms with Crippen molar-refractivity contribution in [3.05, 3.63) is 143 Å². The van der Waals surface area contributed by atoms with Crippen molar-refractivity contribution in [1.82, 2.24) is 15.2 Å². The van der Waals surface area contributed by atoms with Gasteiger partial charge in [-0.3, -0.25) is 4.79 Å². The molecular formula is C38H38N4O4. The van der Waals surface area contributed by atoms with Crippen LogP contribution in [0.15, 0.2) is 106 Å². The van der Waals surface area contributed by atoms with Crippen molar-refractivity contribution in [2.75, 3.05) is 11.9 Å². The van der Waals surface area contributed by atoms with Gasteiger partial charge in [0.25, 0.3) is 0 Å². The Balaban J connectivity index is 1.14. The highest BCUT2D eigenvalue weighted by Crippen LogP contribution is 2.28. The second-order valence-electron chi connectivity index (χ2n) is 11.3. The van der Waals surface area contributed by atoms with Crippen LogP contribution in [0.2, 0.25) is 0 Å². The van der Waals surface area contributed by atoms with Gasteiger partial charge in [0.1, 0.15) is 17.6 Å². The number of ketones is 1. The van der Waals surface area contributed by atoms with Crippen LogP contribution in [0.5, 0.6) is 5.75 Å². The fourth-order valence-electron chi connectivity index (χ4n) is 5.44. The molecule has 0 radical (unpaired) electrons. The van der Waals surface area contributed by atoms with Crippen LogP contribution in [0.3, 0.4) is 0 Å². The molecule has 2 heterocycles. The van der Waals surface area contributed by atoms with E-state index in [1.807, 2.05) is 85.8 Å². The van der Waals surface area contributed by atoms with Gasteiger partial charge in [0, 0.05) is 41.6 Å². The van der Waals surface area contributed by atoms with E-state index < -0.39 is 0 Å². The first-order valence-corrected chi connectivity index (χ1v) is 15.9. The molecule has 3 aromatic carbocycles. The molecule has 1 N–H and O–H groups in total. The molecule has 46 heavy (non-hydrogen) atoms. The summed E-state index contributed by atoms with van der Waals surface area (Å²) in [5.41, 5.74) is 4.92. The second-order valence-corrected chi connectivity index (χ2v) is 11.3. The molecule has 1 aliphatic rings. The van der Waals surface area contributed by atoms with E-state index in [0.717, 1.165) is 47.6 Å². The molecule has 234 valence electrons. The van der Waals surface area contributed by atoms with Crippen LogP contribution in [0.1, 0.15) is 82.8 Å². The normalized spacial score (nSPS) is 13.3. The van der Waals surface area contributed by atoms with Crippen molar-refractivity contribution in [2.45, 2.75) is 58.4 Å². The third-order valence-corrected chi connectivity index (χ3v) is 7.89. The minimum atomic E-state index is -0.354. The molecule has 0 saturated carbocycles. The molecule has 8 heteroatoms. The number of hydrogen-bond donors (Lipinski definition) is 1. The topological polar surface area (TPSA) is 103 Å². The van der Waals surface area contributed by atoms with Gasteiger partial charge in [0.05, 0.1) is 12.3 Å². The van der Waals surface area contributed by atoms with Crippen molar-refractivity contribution < 1.29 is 18.4 Å². The molecule has 5 aromatic rings. The number of anilines is 1. The van der Waals surface area contributed by atoms with Crippen LogP contribution in [-0.2, 0) is 19.3 Å². The average molecular weight is 615 g/mol. The zero-order valence-corrected chi connectivity index (χ0v) is 26.2. The highest BCUT2D eigenvalue weighted by molar-refractivity contribution is 6.12. The number of carbonyl (C=O) groups excluding carboxylic acids is 1. The molecule has 6 rings (SSSR count). The van der Waals surface area contributed by atoms with Crippen molar-refractivity contribution >= 4 is 17.0 Å². The van der Waals surface area contributed by atoms with Gasteiger partial charge in [-0.15, -0.1) is 10.2 Å². The minimum absolute atomic E-state index is 0.0545. The van der Waals surface area contributed by atoms with E-state index in [-0.39, 0.29) is 11.8 Å². The number of para-hydroxylation sites is 1. The Morgan fingerprint density at radius 2 is 1.74 bits per heavy atom. The van der Waals surface area contributed by atoms with Crippen LogP contribution in [-0.4, -0.2) is 27.6 Å². The van der Waals surface area contributed by atoms with E-state index in [0.29, 0.717) is 60.4 Å². The summed E-state index contributed by atoms with van der Waals surface area (Å²) in [6.07, 6.45) is 11.3. The quantitative estimate of drug-likeness (QED) is 0.125. The lowest BCUT2D eigenvalue weighted by Gasteiger charge is -2.19. The first-order chi connectivity index (χ1) is 22.6. The lowest BCUT2D eigenvalue weighted by atomic mass is 10.00. The largest absolute Gasteiger partial charge is 0.493 e. The summed E-state index contributed by atoms with van der Waals surface area (Å²) in [5.74, 6) is 3.29. The number of hydrogen-bond acceptors (Lipinski definition) is 8. The van der Waals surface area contributed by atoms with Gasteiger partial charge < -0.3 is 18.9 Å². The van der Waals surface area contributed by atoms with Crippen LogP contribution >= 0.6 is 0 Å². The molecular weight excluding hydrogens is 576 g/mol. The third-order valence-electron chi connectivity index (χ3n) is 7.89. The van der Waals surface area contributed by atoms with Crippen molar-refractivity contribution in [3.63, 3.8) is 0 Å². The lowest BCUT2D eigenvalue weighted by molar-refractivity contribution is 0.103. The van der Waals surface area contributed by atoms with Gasteiger partial charge in [-0.05, 0) is 56.0 Å². The number of rotatable bonds is 14. The number of ether oxygens (including phenoxy) is 1. The number of aromatic nitrogens is 3. The Bertz CT molecular complexity index is 1820. The average Bonchev–Trinajstić information content (AvgIpc) is 3.72. The molecule has 0 saturated heterocycles. The standard InChI is InChI=1S/C38H38N4O4/c1-3-12-35-41-42-38(46-35)34(39-33-18-11-10-17-31(33)36(43)28-13-6-4-7-14-28)25-27-19-21-30(22-20-27)44-24-23-32-26(2)45-37(40-32)29-15-8-5-9-16-29/h4,6-8,10-11,13-22,34,39H,3,5,9,12,23-25H2,1-2H3/t34-/m0/s1. The summed E-state index contributed by atoms with van der Waals surface area (Å²) in [4.78, 5) is 18.1. The number of allylic oxidation sites excluding steroid dienone is 4. The van der Waals surface area contributed by atoms with Crippen LogP contribution < -0.4 is 10.1 Å². The van der Waals surface area contributed by atoms with E-state index >= 15 is 0 Å². The summed E-state index contributed by atoms with van der Waals surface area (Å²) in [6.45, 7) is 4.51. The molecule has 0 aliphatic heterocycles. The van der Waals surface area contributed by atoms with E-state index in [1.54, 1.807) is 0 Å². The smallest absolute Gasteiger partial charge is 0.238 e. The maximum absolute atomic E-state index is 13.4. The monoisotopic (exact) mass is 614 g/mol. The lowest BCUT2D eigenvalue weighted by Crippen LogP contribution is -2.17. The highest BCUT2D eigenvalue weighted by Gasteiger charge is 2.22. The zero-order chi connectivity index (χ0) is 31.7. The highest BCUT2D eigenvalue weighted by atomic mass is 16.5. The van der Waals surface area contributed by atoms with E-state index in [1.165, 1.54) is 0 Å². The number of nitrogens with one attached hydrogen (secondary N) is 1. The number of nitrogens with zero attached hydrogens (tertiary/aromatic N) is 3. The van der Waals surface area contributed by atoms with Gasteiger partial charge in [0.15, 0.2) is 5.78 Å². The summed E-state index contributed by atoms with van der Waals surface area (Å²) in [7, 11) is 0. The maximum Gasteiger partial charge on any atom is 0.238 e. The van der Waals surface area contributed by atoms with Crippen molar-refractivity contribution in [2.24, 2.45) is 0 Å². The molecule has 2 aromatic heterocycles. The molecule has 8 nitrogen and oxygen atoms in total. The fourth-order valence-corrected chi connectivity index (χ4v) is 5.44. The number of carbonyl (C=O) groups is 1. The summed E-state index contributed by atoms with van der Waals surface area (Å²) < 4.78 is 18.1. The van der Waals surface area contributed by atoms with Gasteiger partial charge in [0.2, 0.25) is 17.7 Å². The molecule has 1 aliphatic carbocycles. The molecule has 0 bridgehead atoms. The van der Waals surface area contributed by atoms with Gasteiger partial charge in [-0.1, -0.05) is 79.7 Å². The Hall–Kier alpha value is -5.24. The van der Waals surface area contributed by atoms with E-state index in [2.05, 4.69) is 40.7 Å². The van der Waals surface area contributed by atoms with E-state index in [9.17, 15) is 4.79 Å². The first-order valence-electron chi connectivity index (χ1n) is 15.9. The summed E-state index contributed by atoms with van der Waals surface area (Å²) in [5, 5.41) is 12.2. The number of oxazole rings is 1. The predicted molar refractivity (Wildman–Crippen MR) is 178 cm³/mol. The number of benzene rings is 3. The molecule has 0 amide bonds. The van der Waals surface area contributed by atoms with E-state index in [4.69, 9.17) is 18.6 Å². The Morgan fingerprint density at radius 1 is 0.935 bits per heavy atom. The van der Waals surface area contributed by atoms with Gasteiger partial charge in [-0.25, -0.2) is 4.98 Å². The third kappa shape index (κ3) is 7.51. The summed E-state index contributed by atoms with van der Waals surface area (Å²) >= 11 is 0. The number of aryl methyl sites for hydroxylation is 2. The molecule has 0 spiro atoms. The summed E-state index contributed by atoms with van der Waals surface area (Å²) in [6, 6.07) is 24.5. The fraction of sp³-hybridized carbons (Fsp3) is 0.263. The minimum Gasteiger partial charge on any atom is -0.493 e. The molecule has 1 atom stereocenters. The zero-order valence-electron chi connectivity index (χ0n) is 26.2. The SMILES string of the molecule is CCCc1nnc([C@H](Cc2ccc(OCCc3nc(C4=CCCC=C4)oc3C)cc2)Nc2ccccc2C(=O)c2ccccc2)o1. The maximum atomic E-state index is 13.4. The second kappa shape index (κ2) is 14.7. The van der Waals surface area contributed by atoms with Crippen molar-refractivity contribution in [3.8, 4) is 5.75 Å². The van der Waals surface area contributed by atoms with Crippen LogP contribution in [0.4, 0.5) is 5.69 Å². The van der Waals surface area contributed by atoms with Crippen molar-refractivity contribution in [1.29, 1.82) is 0 Å². The Morgan fingerprint density at radius 3 is 2.52 bits per heavy atom. The van der Waals surface area contributed by atoms with Gasteiger partial charge in [-0.2, -0.15) is 0 Å². The van der Waals surface area contributed by atoms with Crippen LogP contribution in [0, 0.1) is 6.92 Å². The van der Waals surface area contributed by atoms with Crippen LogP contribution in [0.25, 0.3) is 5.57 Å². The Kier molecular flexibility index (Phi) is 9.83. The predicted octanol–water partition coefficient (Wildman–Crippen LogP) is 8.30.